The highest BCUT2D eigenvalue weighted by molar-refractivity contribution is 6.10. The maximum atomic E-state index is 13.2. The Morgan fingerprint density at radius 2 is 1.75 bits per heavy atom. The van der Waals surface area contributed by atoms with Crippen LogP contribution in [0.1, 0.15) is 18.4 Å². The minimum absolute atomic E-state index is 0.189. The molecule has 1 amide bonds. The normalized spacial score (nSPS) is 24.6. The van der Waals surface area contributed by atoms with E-state index in [1.807, 2.05) is 35.2 Å². The van der Waals surface area contributed by atoms with Crippen LogP contribution in [0.3, 0.4) is 0 Å². The lowest BCUT2D eigenvalue weighted by atomic mass is 9.85. The topological polar surface area (TPSA) is 69.2 Å². The number of benzene rings is 2. The number of para-hydroxylation sites is 2. The first-order valence-electron chi connectivity index (χ1n) is 11.5. The van der Waals surface area contributed by atoms with E-state index in [1.165, 1.54) is 5.56 Å². The van der Waals surface area contributed by atoms with Gasteiger partial charge < -0.3 is 20.3 Å². The molecule has 5 rings (SSSR count). The summed E-state index contributed by atoms with van der Waals surface area (Å²) < 4.78 is 5.43. The third kappa shape index (κ3) is 4.49. The second-order valence-electron chi connectivity index (χ2n) is 8.84. The Bertz CT molecular complexity index is 973. The molecule has 2 aromatic carbocycles. The fourth-order valence-corrected chi connectivity index (χ4v) is 4.82. The SMILES string of the molecule is O=C(CN1CCOCC1)N1CCC[C@@]2(C1)Nc1ccccc1NC2=NCc1ccccc1. The van der Waals surface area contributed by atoms with Crippen LogP contribution in [-0.2, 0) is 16.1 Å². The molecule has 0 bridgehead atoms. The van der Waals surface area contributed by atoms with Crippen molar-refractivity contribution in [2.45, 2.75) is 24.9 Å². The fourth-order valence-electron chi connectivity index (χ4n) is 4.82. The zero-order valence-electron chi connectivity index (χ0n) is 18.4. The second kappa shape index (κ2) is 9.30. The van der Waals surface area contributed by atoms with Crippen LogP contribution in [0.15, 0.2) is 59.6 Å². The third-order valence-corrected chi connectivity index (χ3v) is 6.58. The molecule has 2 fully saturated rings. The van der Waals surface area contributed by atoms with Gasteiger partial charge in [0.05, 0.1) is 44.2 Å². The van der Waals surface area contributed by atoms with Gasteiger partial charge in [-0.2, -0.15) is 0 Å². The van der Waals surface area contributed by atoms with Crippen molar-refractivity contribution in [1.29, 1.82) is 0 Å². The summed E-state index contributed by atoms with van der Waals surface area (Å²) in [6, 6.07) is 18.5. The van der Waals surface area contributed by atoms with Crippen molar-refractivity contribution in [2.75, 3.05) is 56.6 Å². The van der Waals surface area contributed by atoms with Crippen molar-refractivity contribution in [3.63, 3.8) is 0 Å². The molecule has 2 N–H and O–H groups in total. The number of rotatable bonds is 4. The van der Waals surface area contributed by atoms with Crippen molar-refractivity contribution >= 4 is 23.1 Å². The molecule has 168 valence electrons. The Kier molecular flexibility index (Phi) is 6.10. The predicted octanol–water partition coefficient (Wildman–Crippen LogP) is 2.82. The summed E-state index contributed by atoms with van der Waals surface area (Å²) >= 11 is 0. The number of hydrogen-bond acceptors (Lipinski definition) is 5. The number of carbonyl (C=O) groups is 1. The summed E-state index contributed by atoms with van der Waals surface area (Å²) in [4.78, 5) is 22.4. The largest absolute Gasteiger partial charge is 0.379 e. The molecule has 0 aliphatic carbocycles. The monoisotopic (exact) mass is 433 g/mol. The number of ether oxygens (including phenoxy) is 1. The lowest BCUT2D eigenvalue weighted by Crippen LogP contribution is -2.63. The Labute approximate surface area is 189 Å². The minimum atomic E-state index is -0.401. The van der Waals surface area contributed by atoms with Crippen molar-refractivity contribution in [3.8, 4) is 0 Å². The number of piperidine rings is 1. The van der Waals surface area contributed by atoms with Crippen molar-refractivity contribution < 1.29 is 9.53 Å². The number of amidine groups is 1. The molecule has 2 saturated heterocycles. The number of aliphatic imine (C=N–C) groups is 1. The fraction of sp³-hybridized carbons (Fsp3) is 0.440. The Morgan fingerprint density at radius 1 is 1.00 bits per heavy atom. The van der Waals surface area contributed by atoms with Crippen LogP contribution in [0, 0.1) is 0 Å². The molecule has 0 unspecified atom stereocenters. The molecule has 7 heteroatoms. The number of likely N-dealkylation sites (tertiary alicyclic amines) is 1. The highest BCUT2D eigenvalue weighted by Crippen LogP contribution is 2.36. The van der Waals surface area contributed by atoms with Crippen LogP contribution in [0.25, 0.3) is 0 Å². The third-order valence-electron chi connectivity index (χ3n) is 6.58. The highest BCUT2D eigenvalue weighted by Gasteiger charge is 2.44. The number of anilines is 2. The smallest absolute Gasteiger partial charge is 0.236 e. The van der Waals surface area contributed by atoms with Crippen molar-refractivity contribution in [3.05, 3.63) is 60.2 Å². The van der Waals surface area contributed by atoms with Gasteiger partial charge in [-0.1, -0.05) is 42.5 Å². The van der Waals surface area contributed by atoms with Crippen molar-refractivity contribution in [1.82, 2.24) is 9.80 Å². The van der Waals surface area contributed by atoms with Crippen LogP contribution in [0.5, 0.6) is 0 Å². The molecule has 3 heterocycles. The van der Waals surface area contributed by atoms with Gasteiger partial charge in [-0.05, 0) is 30.5 Å². The lowest BCUT2D eigenvalue weighted by molar-refractivity contribution is -0.134. The number of hydrogen-bond donors (Lipinski definition) is 2. The summed E-state index contributed by atoms with van der Waals surface area (Å²) in [5.74, 6) is 1.11. The van der Waals surface area contributed by atoms with Crippen LogP contribution in [-0.4, -0.2) is 73.0 Å². The molecule has 32 heavy (non-hydrogen) atoms. The van der Waals surface area contributed by atoms with Gasteiger partial charge in [0.2, 0.25) is 5.91 Å². The molecule has 1 atom stereocenters. The van der Waals surface area contributed by atoms with Crippen LogP contribution in [0.4, 0.5) is 11.4 Å². The second-order valence-corrected chi connectivity index (χ2v) is 8.84. The number of nitrogens with one attached hydrogen (secondary N) is 2. The number of morpholine rings is 1. The zero-order valence-corrected chi connectivity index (χ0v) is 18.4. The van der Waals surface area contributed by atoms with Gasteiger partial charge in [-0.3, -0.25) is 14.7 Å². The van der Waals surface area contributed by atoms with Gasteiger partial charge in [0, 0.05) is 19.6 Å². The Morgan fingerprint density at radius 3 is 2.56 bits per heavy atom. The van der Waals surface area contributed by atoms with E-state index in [4.69, 9.17) is 9.73 Å². The first-order valence-corrected chi connectivity index (χ1v) is 11.5. The number of carbonyl (C=O) groups excluding carboxylic acids is 1. The van der Waals surface area contributed by atoms with Gasteiger partial charge in [-0.15, -0.1) is 0 Å². The van der Waals surface area contributed by atoms with Gasteiger partial charge in [0.15, 0.2) is 0 Å². The van der Waals surface area contributed by atoms with E-state index < -0.39 is 5.54 Å². The maximum absolute atomic E-state index is 13.2. The molecule has 0 saturated carbocycles. The molecular formula is C25H31N5O2. The van der Waals surface area contributed by atoms with E-state index in [0.29, 0.717) is 32.8 Å². The van der Waals surface area contributed by atoms with E-state index >= 15 is 0 Å². The first-order chi connectivity index (χ1) is 15.7. The van der Waals surface area contributed by atoms with Gasteiger partial charge in [0.1, 0.15) is 11.4 Å². The number of fused-ring (bicyclic) bond motifs is 1. The van der Waals surface area contributed by atoms with Crippen LogP contribution in [0.2, 0.25) is 0 Å². The quantitative estimate of drug-likeness (QED) is 0.776. The lowest BCUT2D eigenvalue weighted by Gasteiger charge is -2.47. The zero-order chi connectivity index (χ0) is 21.8. The van der Waals surface area contributed by atoms with Gasteiger partial charge in [0.25, 0.3) is 0 Å². The number of amides is 1. The minimum Gasteiger partial charge on any atom is -0.379 e. The first kappa shape index (κ1) is 21.0. The van der Waals surface area contributed by atoms with Crippen molar-refractivity contribution in [2.24, 2.45) is 4.99 Å². The molecule has 2 aromatic rings. The van der Waals surface area contributed by atoms with E-state index in [-0.39, 0.29) is 5.91 Å². The van der Waals surface area contributed by atoms with Gasteiger partial charge >= 0.3 is 0 Å². The standard InChI is InChI=1S/C25H31N5O2/c31-23(18-29-13-15-32-16-14-29)30-12-6-11-25(19-30)24(26-17-20-7-2-1-3-8-20)27-21-9-4-5-10-22(21)28-25/h1-5,7-10,28H,6,11-19H2,(H,26,27)/t25-/m0/s1. The maximum Gasteiger partial charge on any atom is 0.236 e. The molecule has 7 nitrogen and oxygen atoms in total. The van der Waals surface area contributed by atoms with E-state index in [1.54, 1.807) is 0 Å². The molecular weight excluding hydrogens is 402 g/mol. The molecule has 0 radical (unpaired) electrons. The summed E-state index contributed by atoms with van der Waals surface area (Å²) in [7, 11) is 0. The van der Waals surface area contributed by atoms with E-state index in [2.05, 4.69) is 39.8 Å². The van der Waals surface area contributed by atoms with E-state index in [9.17, 15) is 4.79 Å². The summed E-state index contributed by atoms with van der Waals surface area (Å²) in [5, 5.41) is 7.36. The number of nitrogens with zero attached hydrogens (tertiary/aromatic N) is 3. The average molecular weight is 434 g/mol. The van der Waals surface area contributed by atoms with E-state index in [0.717, 1.165) is 49.7 Å². The molecule has 1 spiro atoms. The summed E-state index contributed by atoms with van der Waals surface area (Å²) in [6.45, 7) is 5.52. The average Bonchev–Trinajstić information content (AvgIpc) is 2.84. The Balaban J connectivity index is 1.38. The predicted molar refractivity (Wildman–Crippen MR) is 127 cm³/mol. The van der Waals surface area contributed by atoms with Crippen LogP contribution < -0.4 is 10.6 Å². The Hall–Kier alpha value is -2.90. The van der Waals surface area contributed by atoms with Gasteiger partial charge in [-0.25, -0.2) is 0 Å². The molecule has 3 aliphatic heterocycles. The summed E-state index contributed by atoms with van der Waals surface area (Å²) in [6.07, 6.45) is 1.87. The highest BCUT2D eigenvalue weighted by atomic mass is 16.5. The van der Waals surface area contributed by atoms with Crippen LogP contribution >= 0.6 is 0 Å². The molecule has 0 aromatic heterocycles. The summed E-state index contributed by atoms with van der Waals surface area (Å²) in [5.41, 5.74) is 2.87. The molecule has 3 aliphatic rings.